The first-order chi connectivity index (χ1) is 12.0. The second-order valence-electron chi connectivity index (χ2n) is 5.28. The SMILES string of the molecule is COc1ccc([C@H](O)[C@@H](O)c2cc(OC)c(OC)c(OC)c2)cc1O. The summed E-state index contributed by atoms with van der Waals surface area (Å²) in [6.45, 7) is 0. The summed E-state index contributed by atoms with van der Waals surface area (Å²) < 4.78 is 20.7. The highest BCUT2D eigenvalue weighted by molar-refractivity contribution is 5.54. The van der Waals surface area contributed by atoms with Gasteiger partial charge < -0.3 is 34.3 Å². The van der Waals surface area contributed by atoms with Crippen molar-refractivity contribution in [3.63, 3.8) is 0 Å². The quantitative estimate of drug-likeness (QED) is 0.704. The molecule has 136 valence electrons. The number of hydrogen-bond acceptors (Lipinski definition) is 7. The van der Waals surface area contributed by atoms with Crippen molar-refractivity contribution in [2.45, 2.75) is 12.2 Å². The largest absolute Gasteiger partial charge is 0.504 e. The van der Waals surface area contributed by atoms with Gasteiger partial charge in [0.05, 0.1) is 28.4 Å². The third-order valence-corrected chi connectivity index (χ3v) is 3.87. The average molecular weight is 350 g/mol. The molecule has 0 bridgehead atoms. The monoisotopic (exact) mass is 350 g/mol. The lowest BCUT2D eigenvalue weighted by Crippen LogP contribution is -2.11. The number of aliphatic hydroxyl groups excluding tert-OH is 2. The van der Waals surface area contributed by atoms with Gasteiger partial charge in [-0.3, -0.25) is 0 Å². The van der Waals surface area contributed by atoms with Crippen LogP contribution >= 0.6 is 0 Å². The van der Waals surface area contributed by atoms with Gasteiger partial charge in [-0.1, -0.05) is 6.07 Å². The van der Waals surface area contributed by atoms with E-state index in [0.29, 0.717) is 28.4 Å². The number of methoxy groups -OCH3 is 4. The van der Waals surface area contributed by atoms with E-state index in [1.807, 2.05) is 0 Å². The predicted octanol–water partition coefficient (Wildman–Crippen LogP) is 2.19. The normalized spacial score (nSPS) is 13.0. The number of phenols is 1. The number of hydrogen-bond donors (Lipinski definition) is 3. The van der Waals surface area contributed by atoms with E-state index >= 15 is 0 Å². The summed E-state index contributed by atoms with van der Waals surface area (Å²) in [5.74, 6) is 1.26. The number of benzene rings is 2. The van der Waals surface area contributed by atoms with Crippen molar-refractivity contribution in [1.82, 2.24) is 0 Å². The molecule has 2 aromatic carbocycles. The molecule has 0 amide bonds. The zero-order chi connectivity index (χ0) is 18.6. The first-order valence-corrected chi connectivity index (χ1v) is 7.49. The summed E-state index contributed by atoms with van der Waals surface area (Å²) in [5, 5.41) is 30.9. The Balaban J connectivity index is 2.39. The van der Waals surface area contributed by atoms with Crippen LogP contribution in [0.4, 0.5) is 0 Å². The van der Waals surface area contributed by atoms with E-state index in [1.165, 1.54) is 40.6 Å². The van der Waals surface area contributed by atoms with Crippen LogP contribution in [0.1, 0.15) is 23.3 Å². The summed E-state index contributed by atoms with van der Waals surface area (Å²) >= 11 is 0. The van der Waals surface area contributed by atoms with E-state index in [2.05, 4.69) is 0 Å². The van der Waals surface area contributed by atoms with Gasteiger partial charge in [0.25, 0.3) is 0 Å². The average Bonchev–Trinajstić information content (AvgIpc) is 2.65. The molecule has 0 heterocycles. The topological polar surface area (TPSA) is 97.6 Å². The molecule has 0 unspecified atom stereocenters. The third-order valence-electron chi connectivity index (χ3n) is 3.87. The van der Waals surface area contributed by atoms with Crippen LogP contribution in [0.15, 0.2) is 30.3 Å². The molecule has 0 aliphatic carbocycles. The first kappa shape index (κ1) is 18.7. The fraction of sp³-hybridized carbons (Fsp3) is 0.333. The minimum atomic E-state index is -1.28. The molecule has 0 aliphatic rings. The predicted molar refractivity (Wildman–Crippen MR) is 90.7 cm³/mol. The fourth-order valence-corrected chi connectivity index (χ4v) is 2.53. The number of aromatic hydroxyl groups is 1. The number of ether oxygens (including phenoxy) is 4. The number of rotatable bonds is 7. The maximum atomic E-state index is 10.5. The van der Waals surface area contributed by atoms with E-state index in [-0.39, 0.29) is 11.5 Å². The van der Waals surface area contributed by atoms with Crippen LogP contribution < -0.4 is 18.9 Å². The highest BCUT2D eigenvalue weighted by Gasteiger charge is 2.24. The van der Waals surface area contributed by atoms with E-state index < -0.39 is 12.2 Å². The van der Waals surface area contributed by atoms with Crippen molar-refractivity contribution < 1.29 is 34.3 Å². The molecule has 2 rings (SSSR count). The molecule has 25 heavy (non-hydrogen) atoms. The molecule has 0 saturated carbocycles. The first-order valence-electron chi connectivity index (χ1n) is 7.49. The molecule has 2 aromatic rings. The van der Waals surface area contributed by atoms with Crippen molar-refractivity contribution in [3.8, 4) is 28.7 Å². The molecule has 7 heteroatoms. The van der Waals surface area contributed by atoms with Crippen molar-refractivity contribution in [3.05, 3.63) is 41.5 Å². The van der Waals surface area contributed by atoms with Crippen molar-refractivity contribution >= 4 is 0 Å². The van der Waals surface area contributed by atoms with Crippen molar-refractivity contribution in [2.75, 3.05) is 28.4 Å². The molecule has 0 saturated heterocycles. The van der Waals surface area contributed by atoms with Crippen LogP contribution in [0.5, 0.6) is 28.7 Å². The van der Waals surface area contributed by atoms with Gasteiger partial charge in [0, 0.05) is 0 Å². The van der Waals surface area contributed by atoms with Gasteiger partial charge in [-0.2, -0.15) is 0 Å². The fourth-order valence-electron chi connectivity index (χ4n) is 2.53. The Morgan fingerprint density at radius 1 is 0.680 bits per heavy atom. The maximum Gasteiger partial charge on any atom is 0.203 e. The van der Waals surface area contributed by atoms with Crippen molar-refractivity contribution in [2.24, 2.45) is 0 Å². The van der Waals surface area contributed by atoms with Gasteiger partial charge in [0.15, 0.2) is 23.0 Å². The molecule has 0 aromatic heterocycles. The Morgan fingerprint density at radius 2 is 1.20 bits per heavy atom. The van der Waals surface area contributed by atoms with Crippen LogP contribution in [-0.2, 0) is 0 Å². The molecule has 3 N–H and O–H groups in total. The molecular weight excluding hydrogens is 328 g/mol. The zero-order valence-electron chi connectivity index (χ0n) is 14.5. The van der Waals surface area contributed by atoms with Crippen LogP contribution in [-0.4, -0.2) is 43.8 Å². The minimum Gasteiger partial charge on any atom is -0.504 e. The standard InChI is InChI=1S/C18H22O7/c1-22-13-6-5-10(7-12(13)19)16(20)17(21)11-8-14(23-2)18(25-4)15(9-11)24-3/h5-9,16-17,19-21H,1-4H3/t16-,17-/m0/s1. The van der Waals surface area contributed by atoms with Gasteiger partial charge in [-0.05, 0) is 35.4 Å². The lowest BCUT2D eigenvalue weighted by Gasteiger charge is -2.21. The lowest BCUT2D eigenvalue weighted by molar-refractivity contribution is 0.0168. The van der Waals surface area contributed by atoms with Gasteiger partial charge >= 0.3 is 0 Å². The van der Waals surface area contributed by atoms with Crippen LogP contribution in [0, 0.1) is 0 Å². The van der Waals surface area contributed by atoms with E-state index in [4.69, 9.17) is 18.9 Å². The van der Waals surface area contributed by atoms with E-state index in [9.17, 15) is 15.3 Å². The van der Waals surface area contributed by atoms with Crippen LogP contribution in [0.25, 0.3) is 0 Å². The third kappa shape index (κ3) is 3.72. The van der Waals surface area contributed by atoms with Gasteiger partial charge in [0.2, 0.25) is 5.75 Å². The lowest BCUT2D eigenvalue weighted by atomic mass is 9.97. The van der Waals surface area contributed by atoms with Crippen molar-refractivity contribution in [1.29, 1.82) is 0 Å². The molecule has 2 atom stereocenters. The molecule has 0 radical (unpaired) electrons. The van der Waals surface area contributed by atoms with Gasteiger partial charge in [-0.25, -0.2) is 0 Å². The van der Waals surface area contributed by atoms with Crippen LogP contribution in [0.2, 0.25) is 0 Å². The maximum absolute atomic E-state index is 10.5. The van der Waals surface area contributed by atoms with Crippen LogP contribution in [0.3, 0.4) is 0 Å². The van der Waals surface area contributed by atoms with E-state index in [1.54, 1.807) is 18.2 Å². The number of aliphatic hydroxyl groups is 2. The highest BCUT2D eigenvalue weighted by atomic mass is 16.5. The molecule has 0 spiro atoms. The summed E-state index contributed by atoms with van der Waals surface area (Å²) in [6, 6.07) is 7.52. The number of phenolic OH excluding ortho intramolecular Hbond substituents is 1. The molecule has 0 aliphatic heterocycles. The Labute approximate surface area is 146 Å². The molecule has 7 nitrogen and oxygen atoms in total. The summed E-state index contributed by atoms with van der Waals surface area (Å²) in [7, 11) is 5.83. The Kier molecular flexibility index (Phi) is 5.95. The second-order valence-corrected chi connectivity index (χ2v) is 5.28. The summed E-state index contributed by atoms with van der Waals surface area (Å²) in [4.78, 5) is 0. The van der Waals surface area contributed by atoms with Gasteiger partial charge in [0.1, 0.15) is 12.2 Å². The van der Waals surface area contributed by atoms with E-state index in [0.717, 1.165) is 0 Å². The summed E-state index contributed by atoms with van der Waals surface area (Å²) in [5.41, 5.74) is 0.705. The minimum absolute atomic E-state index is 0.129. The Hall–Kier alpha value is -2.64. The smallest absolute Gasteiger partial charge is 0.203 e. The molecular formula is C18H22O7. The zero-order valence-corrected chi connectivity index (χ0v) is 14.5. The van der Waals surface area contributed by atoms with Gasteiger partial charge in [-0.15, -0.1) is 0 Å². The Bertz CT molecular complexity index is 704. The second kappa shape index (κ2) is 7.96. The Morgan fingerprint density at radius 3 is 1.64 bits per heavy atom. The highest BCUT2D eigenvalue weighted by Crippen LogP contribution is 2.42. The molecule has 0 fully saturated rings. The summed E-state index contributed by atoms with van der Waals surface area (Å²) in [6.07, 6.45) is -2.55.